The van der Waals surface area contributed by atoms with Crippen molar-refractivity contribution in [3.8, 4) is 17.2 Å². The summed E-state index contributed by atoms with van der Waals surface area (Å²) in [4.78, 5) is 12.4. The van der Waals surface area contributed by atoms with Crippen LogP contribution in [0.15, 0.2) is 41.3 Å². The van der Waals surface area contributed by atoms with Crippen molar-refractivity contribution < 1.29 is 27.4 Å². The van der Waals surface area contributed by atoms with Crippen molar-refractivity contribution in [3.05, 3.63) is 47.0 Å². The Morgan fingerprint density at radius 1 is 1.06 bits per heavy atom. The maximum absolute atomic E-state index is 12.6. The Bertz CT molecular complexity index is 1090. The number of amides is 1. The van der Waals surface area contributed by atoms with Gasteiger partial charge in [0.05, 0.1) is 30.2 Å². The Morgan fingerprint density at radius 3 is 2.36 bits per heavy atom. The molecule has 10 heteroatoms. The van der Waals surface area contributed by atoms with Gasteiger partial charge >= 0.3 is 0 Å². The van der Waals surface area contributed by atoms with Gasteiger partial charge in [-0.3, -0.25) is 4.79 Å². The first kappa shape index (κ1) is 25.1. The van der Waals surface area contributed by atoms with Crippen molar-refractivity contribution in [2.24, 2.45) is 0 Å². The van der Waals surface area contributed by atoms with Crippen molar-refractivity contribution in [1.29, 1.82) is 0 Å². The van der Waals surface area contributed by atoms with Crippen LogP contribution in [0.3, 0.4) is 0 Å². The maximum Gasteiger partial charge on any atom is 0.258 e. The first-order valence-corrected chi connectivity index (χ1v) is 12.6. The molecule has 0 spiro atoms. The Kier molecular flexibility index (Phi) is 8.45. The third-order valence-electron chi connectivity index (χ3n) is 5.53. The highest BCUT2D eigenvalue weighted by molar-refractivity contribution is 7.89. The fraction of sp³-hybridized carbons (Fsp3) is 0.435. The second-order valence-corrected chi connectivity index (χ2v) is 10.0. The van der Waals surface area contributed by atoms with Crippen molar-refractivity contribution in [3.63, 3.8) is 0 Å². The fourth-order valence-corrected chi connectivity index (χ4v) is 5.36. The number of sulfonamides is 1. The van der Waals surface area contributed by atoms with E-state index in [1.807, 2.05) is 13.0 Å². The summed E-state index contributed by atoms with van der Waals surface area (Å²) in [5.74, 6) is 1.04. The van der Waals surface area contributed by atoms with Crippen LogP contribution in [-0.4, -0.2) is 41.2 Å². The zero-order valence-electron chi connectivity index (χ0n) is 18.9. The molecule has 2 N–H and O–H groups in total. The zero-order chi connectivity index (χ0) is 24.0. The highest BCUT2D eigenvalue weighted by Crippen LogP contribution is 2.30. The monoisotopic (exact) mass is 496 g/mol. The summed E-state index contributed by atoms with van der Waals surface area (Å²) < 4.78 is 43.9. The summed E-state index contributed by atoms with van der Waals surface area (Å²) in [5, 5.41) is 2.96. The molecule has 0 bridgehead atoms. The average molecular weight is 497 g/mol. The van der Waals surface area contributed by atoms with Gasteiger partial charge in [-0.2, -0.15) is 0 Å². The van der Waals surface area contributed by atoms with Crippen LogP contribution < -0.4 is 24.2 Å². The van der Waals surface area contributed by atoms with Crippen molar-refractivity contribution in [1.82, 2.24) is 10.0 Å². The molecule has 0 unspecified atom stereocenters. The summed E-state index contributed by atoms with van der Waals surface area (Å²) in [5.41, 5.74) is 0.836. The van der Waals surface area contributed by atoms with Crippen LogP contribution in [0, 0.1) is 0 Å². The molecule has 1 amide bonds. The lowest BCUT2D eigenvalue weighted by atomic mass is 10.1. The number of carbonyl (C=O) groups is 1. The molecule has 0 radical (unpaired) electrons. The van der Waals surface area contributed by atoms with Gasteiger partial charge in [-0.25, -0.2) is 13.1 Å². The van der Waals surface area contributed by atoms with E-state index >= 15 is 0 Å². The van der Waals surface area contributed by atoms with Crippen LogP contribution in [0.5, 0.6) is 17.2 Å². The van der Waals surface area contributed by atoms with Gasteiger partial charge in [-0.1, -0.05) is 30.5 Å². The lowest BCUT2D eigenvalue weighted by Crippen LogP contribution is -2.32. The minimum atomic E-state index is -3.66. The number of halogens is 1. The van der Waals surface area contributed by atoms with Gasteiger partial charge in [0.1, 0.15) is 5.75 Å². The van der Waals surface area contributed by atoms with E-state index in [4.69, 9.17) is 25.8 Å². The van der Waals surface area contributed by atoms with E-state index < -0.39 is 10.0 Å². The van der Waals surface area contributed by atoms with E-state index in [1.54, 1.807) is 26.4 Å². The van der Waals surface area contributed by atoms with E-state index in [1.165, 1.54) is 18.2 Å². The molecular weight excluding hydrogens is 468 g/mol. The minimum Gasteiger partial charge on any atom is -0.493 e. The fourth-order valence-electron chi connectivity index (χ4n) is 3.73. The molecule has 1 aliphatic carbocycles. The molecule has 1 atom stereocenters. The summed E-state index contributed by atoms with van der Waals surface area (Å²) in [6.07, 6.45) is 3.72. The van der Waals surface area contributed by atoms with Crippen molar-refractivity contribution in [2.45, 2.75) is 49.6 Å². The summed E-state index contributed by atoms with van der Waals surface area (Å²) in [6.45, 7) is 1.56. The molecule has 33 heavy (non-hydrogen) atoms. The predicted octanol–water partition coefficient (Wildman–Crippen LogP) is 3.83. The topological polar surface area (TPSA) is 103 Å². The number of hydrogen-bond donors (Lipinski definition) is 2. The molecule has 8 nitrogen and oxygen atoms in total. The number of ether oxygens (including phenoxy) is 3. The Morgan fingerprint density at radius 2 is 1.73 bits per heavy atom. The van der Waals surface area contributed by atoms with Gasteiger partial charge in [-0.15, -0.1) is 0 Å². The van der Waals surface area contributed by atoms with Crippen LogP contribution in [0.1, 0.15) is 44.2 Å². The number of nitrogens with one attached hydrogen (secondary N) is 2. The van der Waals surface area contributed by atoms with E-state index in [9.17, 15) is 13.2 Å². The number of rotatable bonds is 10. The molecule has 1 fully saturated rings. The van der Waals surface area contributed by atoms with Crippen LogP contribution in [0.4, 0.5) is 0 Å². The summed E-state index contributed by atoms with van der Waals surface area (Å²) in [7, 11) is -0.560. The van der Waals surface area contributed by atoms with Crippen LogP contribution in [0.25, 0.3) is 0 Å². The van der Waals surface area contributed by atoms with Crippen LogP contribution in [-0.2, 0) is 14.8 Å². The van der Waals surface area contributed by atoms with Crippen molar-refractivity contribution in [2.75, 3.05) is 20.8 Å². The zero-order valence-corrected chi connectivity index (χ0v) is 20.5. The molecule has 1 aliphatic rings. The Balaban J connectivity index is 1.57. The normalized spacial score (nSPS) is 15.2. The third-order valence-corrected chi connectivity index (χ3v) is 7.35. The molecule has 0 aliphatic heterocycles. The first-order chi connectivity index (χ1) is 15.7. The van der Waals surface area contributed by atoms with Gasteiger partial charge in [-0.05, 0) is 55.7 Å². The van der Waals surface area contributed by atoms with E-state index in [2.05, 4.69) is 10.0 Å². The molecule has 0 saturated heterocycles. The lowest BCUT2D eigenvalue weighted by Gasteiger charge is -2.17. The lowest BCUT2D eigenvalue weighted by molar-refractivity contribution is -0.123. The molecule has 180 valence electrons. The number of hydrogen-bond acceptors (Lipinski definition) is 6. The molecule has 1 saturated carbocycles. The average Bonchev–Trinajstić information content (AvgIpc) is 3.29. The van der Waals surface area contributed by atoms with E-state index in [0.717, 1.165) is 31.2 Å². The van der Waals surface area contributed by atoms with Gasteiger partial charge in [0, 0.05) is 6.04 Å². The standard InChI is InChI=1S/C23H29ClN2O6S/c1-15(16-8-10-21(30-2)22(12-16)31-3)25-23(27)14-32-20-11-9-18(13-19(20)24)33(28,29)26-17-6-4-5-7-17/h8-13,15,17,26H,4-7,14H2,1-3H3,(H,25,27)/t15-/m0/s1. The van der Waals surface area contributed by atoms with Crippen LogP contribution >= 0.6 is 11.6 Å². The van der Waals surface area contributed by atoms with E-state index in [-0.39, 0.29) is 40.3 Å². The number of benzene rings is 2. The van der Waals surface area contributed by atoms with Gasteiger partial charge in [0.15, 0.2) is 18.1 Å². The number of methoxy groups -OCH3 is 2. The third kappa shape index (κ3) is 6.52. The Hall–Kier alpha value is -2.49. The minimum absolute atomic E-state index is 0.0407. The van der Waals surface area contributed by atoms with E-state index in [0.29, 0.717) is 11.5 Å². The predicted molar refractivity (Wildman–Crippen MR) is 126 cm³/mol. The SMILES string of the molecule is COc1ccc([C@H](C)NC(=O)COc2ccc(S(=O)(=O)NC3CCCC3)cc2Cl)cc1OC. The first-order valence-electron chi connectivity index (χ1n) is 10.7. The molecule has 2 aromatic rings. The van der Waals surface area contributed by atoms with Gasteiger partial charge in [0.25, 0.3) is 5.91 Å². The highest BCUT2D eigenvalue weighted by Gasteiger charge is 2.23. The summed E-state index contributed by atoms with van der Waals surface area (Å²) in [6, 6.07) is 9.26. The smallest absolute Gasteiger partial charge is 0.258 e. The van der Waals surface area contributed by atoms with Crippen LogP contribution in [0.2, 0.25) is 5.02 Å². The quantitative estimate of drug-likeness (QED) is 0.518. The maximum atomic E-state index is 12.6. The van der Waals surface area contributed by atoms with Gasteiger partial charge in [0.2, 0.25) is 10.0 Å². The second kappa shape index (κ2) is 11.1. The summed E-state index contributed by atoms with van der Waals surface area (Å²) >= 11 is 6.22. The highest BCUT2D eigenvalue weighted by atomic mass is 35.5. The molecule has 3 rings (SSSR count). The van der Waals surface area contributed by atoms with Crippen molar-refractivity contribution >= 4 is 27.5 Å². The largest absolute Gasteiger partial charge is 0.493 e. The number of carbonyl (C=O) groups excluding carboxylic acids is 1. The molecule has 0 aromatic heterocycles. The molecule has 2 aromatic carbocycles. The molecule has 0 heterocycles. The second-order valence-electron chi connectivity index (χ2n) is 7.89. The van der Waals surface area contributed by atoms with Gasteiger partial charge < -0.3 is 19.5 Å². The molecular formula is C23H29ClN2O6S. The Labute approximate surface area is 199 Å².